The van der Waals surface area contributed by atoms with Gasteiger partial charge in [0.1, 0.15) is 6.04 Å². The summed E-state index contributed by atoms with van der Waals surface area (Å²) in [6.45, 7) is -0.246. The van der Waals surface area contributed by atoms with Crippen LogP contribution in [0, 0.1) is 5.92 Å². The molecule has 3 rings (SSSR count). The highest BCUT2D eigenvalue weighted by Crippen LogP contribution is 2.19. The molecule has 1 unspecified atom stereocenters. The van der Waals surface area contributed by atoms with Crippen LogP contribution in [0.2, 0.25) is 0 Å². The number of benzene rings is 2. The number of aromatic nitrogens is 1. The summed E-state index contributed by atoms with van der Waals surface area (Å²) in [6, 6.07) is 15.5. The lowest BCUT2D eigenvalue weighted by Crippen LogP contribution is -2.47. The average Bonchev–Trinajstić information content (AvgIpc) is 3.16. The van der Waals surface area contributed by atoms with Crippen molar-refractivity contribution in [3.8, 4) is 0 Å². The summed E-state index contributed by atoms with van der Waals surface area (Å²) in [5, 5.41) is 23.1. The van der Waals surface area contributed by atoms with E-state index in [0.29, 0.717) is 5.06 Å². The first-order valence-corrected chi connectivity index (χ1v) is 9.51. The number of hydrogen-bond donors (Lipinski definition) is 4. The highest BCUT2D eigenvalue weighted by atomic mass is 16.5. The Morgan fingerprint density at radius 3 is 2.47 bits per heavy atom. The van der Waals surface area contributed by atoms with E-state index in [0.717, 1.165) is 22.0 Å². The highest BCUT2D eigenvalue weighted by Gasteiger charge is 2.27. The van der Waals surface area contributed by atoms with Crippen LogP contribution in [0.1, 0.15) is 11.1 Å². The van der Waals surface area contributed by atoms with Crippen LogP contribution in [-0.4, -0.2) is 51.2 Å². The van der Waals surface area contributed by atoms with Crippen LogP contribution >= 0.6 is 0 Å². The number of aliphatic carboxylic acids is 1. The molecule has 1 heterocycles. The van der Waals surface area contributed by atoms with E-state index in [4.69, 9.17) is 0 Å². The van der Waals surface area contributed by atoms with Gasteiger partial charge < -0.3 is 15.4 Å². The molecule has 0 radical (unpaired) electrons. The fraction of sp³-hybridized carbons (Fsp3) is 0.227. The Morgan fingerprint density at radius 1 is 1.07 bits per heavy atom. The minimum atomic E-state index is -1.16. The Kier molecular flexibility index (Phi) is 6.82. The van der Waals surface area contributed by atoms with Gasteiger partial charge in [0, 0.05) is 23.5 Å². The number of carboxylic acid groups (broad SMARTS) is 1. The van der Waals surface area contributed by atoms with Crippen LogP contribution in [0.4, 0.5) is 0 Å². The van der Waals surface area contributed by atoms with Crippen molar-refractivity contribution in [3.05, 3.63) is 71.9 Å². The van der Waals surface area contributed by atoms with Gasteiger partial charge in [0.25, 0.3) is 0 Å². The van der Waals surface area contributed by atoms with E-state index in [1.807, 2.05) is 54.6 Å². The van der Waals surface area contributed by atoms with Gasteiger partial charge in [0.15, 0.2) is 0 Å². The average molecular weight is 409 g/mol. The second-order valence-corrected chi connectivity index (χ2v) is 7.08. The summed E-state index contributed by atoms with van der Waals surface area (Å²) in [6.07, 6.45) is 2.29. The number of aromatic amines is 1. The van der Waals surface area contributed by atoms with Gasteiger partial charge in [-0.2, -0.15) is 0 Å². The monoisotopic (exact) mass is 409 g/mol. The summed E-state index contributed by atoms with van der Waals surface area (Å²) in [5.74, 6) is -2.53. The van der Waals surface area contributed by atoms with Crippen molar-refractivity contribution in [3.63, 3.8) is 0 Å². The summed E-state index contributed by atoms with van der Waals surface area (Å²) in [4.78, 5) is 38.6. The third-order valence-electron chi connectivity index (χ3n) is 4.94. The lowest BCUT2D eigenvalue weighted by atomic mass is 9.97. The number of hydrogen-bond acceptors (Lipinski definition) is 4. The number of hydroxylamine groups is 2. The van der Waals surface area contributed by atoms with Crippen molar-refractivity contribution >= 4 is 29.2 Å². The minimum Gasteiger partial charge on any atom is -0.480 e. The summed E-state index contributed by atoms with van der Waals surface area (Å²) < 4.78 is 0. The van der Waals surface area contributed by atoms with E-state index in [1.165, 1.54) is 0 Å². The predicted molar refractivity (Wildman–Crippen MR) is 110 cm³/mol. The zero-order valence-corrected chi connectivity index (χ0v) is 16.2. The van der Waals surface area contributed by atoms with Gasteiger partial charge in [-0.15, -0.1) is 0 Å². The fourth-order valence-corrected chi connectivity index (χ4v) is 3.42. The molecule has 30 heavy (non-hydrogen) atoms. The van der Waals surface area contributed by atoms with Gasteiger partial charge in [-0.1, -0.05) is 48.5 Å². The lowest BCUT2D eigenvalue weighted by molar-refractivity contribution is -0.155. The van der Waals surface area contributed by atoms with Crippen LogP contribution in [-0.2, 0) is 27.2 Å². The number of fused-ring (bicyclic) bond motifs is 1. The first-order valence-electron chi connectivity index (χ1n) is 9.51. The topological polar surface area (TPSA) is 123 Å². The Labute approximate surface area is 173 Å². The molecule has 8 heteroatoms. The van der Waals surface area contributed by atoms with Gasteiger partial charge in [-0.05, 0) is 23.6 Å². The first kappa shape index (κ1) is 21.1. The van der Waals surface area contributed by atoms with E-state index >= 15 is 0 Å². The van der Waals surface area contributed by atoms with Crippen LogP contribution in [0.5, 0.6) is 0 Å². The molecule has 0 saturated carbocycles. The van der Waals surface area contributed by atoms with Gasteiger partial charge >= 0.3 is 5.97 Å². The smallest absolute Gasteiger partial charge is 0.326 e. The predicted octanol–water partition coefficient (Wildman–Crippen LogP) is 1.99. The minimum absolute atomic E-state index is 0.0969. The molecule has 0 saturated heterocycles. The number of para-hydroxylation sites is 1. The molecule has 2 aromatic carbocycles. The molecule has 4 N–H and O–H groups in total. The van der Waals surface area contributed by atoms with Crippen molar-refractivity contribution in [1.29, 1.82) is 0 Å². The summed E-state index contributed by atoms with van der Waals surface area (Å²) >= 11 is 0. The maximum atomic E-state index is 12.9. The van der Waals surface area contributed by atoms with E-state index in [1.54, 1.807) is 6.20 Å². The van der Waals surface area contributed by atoms with Crippen molar-refractivity contribution in [2.45, 2.75) is 18.9 Å². The molecule has 2 atom stereocenters. The van der Waals surface area contributed by atoms with Gasteiger partial charge in [-0.25, -0.2) is 9.86 Å². The number of carboxylic acids is 1. The van der Waals surface area contributed by atoms with Crippen molar-refractivity contribution in [1.82, 2.24) is 15.4 Å². The zero-order valence-electron chi connectivity index (χ0n) is 16.2. The van der Waals surface area contributed by atoms with Crippen molar-refractivity contribution in [2.75, 3.05) is 6.54 Å². The normalized spacial score (nSPS) is 12.8. The highest BCUT2D eigenvalue weighted by molar-refractivity contribution is 5.87. The molecule has 0 aliphatic rings. The molecular formula is C22H23N3O5. The zero-order chi connectivity index (χ0) is 21.5. The van der Waals surface area contributed by atoms with Gasteiger partial charge in [0.2, 0.25) is 12.3 Å². The molecule has 3 aromatic rings. The Bertz CT molecular complexity index is 1020. The summed E-state index contributed by atoms with van der Waals surface area (Å²) in [5.41, 5.74) is 2.49. The maximum Gasteiger partial charge on any atom is 0.326 e. The van der Waals surface area contributed by atoms with Gasteiger partial charge in [-0.3, -0.25) is 14.8 Å². The number of amides is 2. The molecule has 2 amide bonds. The third-order valence-corrected chi connectivity index (χ3v) is 4.94. The SMILES string of the molecule is O=CN(O)CC(Cc1ccccc1)C(=O)N[C@@H](Cc1c[nH]c2ccccc12)C(=O)O. The largest absolute Gasteiger partial charge is 0.480 e. The van der Waals surface area contributed by atoms with Crippen LogP contribution < -0.4 is 5.32 Å². The standard InChI is InChI=1S/C22H23N3O5/c26-14-25(30)13-17(10-15-6-2-1-3-7-15)21(27)24-20(22(28)29)11-16-12-23-19-9-5-4-8-18(16)19/h1-9,12,14,17,20,23,30H,10-11,13H2,(H,24,27)(H,28,29)/t17?,20-/m0/s1. The number of nitrogens with one attached hydrogen (secondary N) is 2. The van der Waals surface area contributed by atoms with E-state index in [9.17, 15) is 24.7 Å². The molecular weight excluding hydrogens is 386 g/mol. The first-order chi connectivity index (χ1) is 14.5. The lowest BCUT2D eigenvalue weighted by Gasteiger charge is -2.22. The summed E-state index contributed by atoms with van der Waals surface area (Å²) in [7, 11) is 0. The molecule has 0 bridgehead atoms. The van der Waals surface area contributed by atoms with Crippen LogP contribution in [0.3, 0.4) is 0 Å². The number of nitrogens with zero attached hydrogens (tertiary/aromatic N) is 1. The molecule has 0 aliphatic carbocycles. The third kappa shape index (κ3) is 5.24. The van der Waals surface area contributed by atoms with Crippen molar-refractivity contribution in [2.24, 2.45) is 5.92 Å². The Hall–Kier alpha value is -3.65. The van der Waals surface area contributed by atoms with E-state index < -0.39 is 23.8 Å². The van der Waals surface area contributed by atoms with E-state index in [2.05, 4.69) is 10.3 Å². The molecule has 0 spiro atoms. The quantitative estimate of drug-likeness (QED) is 0.232. The second kappa shape index (κ2) is 9.71. The maximum absolute atomic E-state index is 12.9. The Morgan fingerprint density at radius 2 is 1.77 bits per heavy atom. The fourth-order valence-electron chi connectivity index (χ4n) is 3.42. The van der Waals surface area contributed by atoms with Gasteiger partial charge in [0.05, 0.1) is 12.5 Å². The number of carbonyl (C=O) groups excluding carboxylic acids is 2. The van der Waals surface area contributed by atoms with Crippen LogP contribution in [0.25, 0.3) is 10.9 Å². The number of H-pyrrole nitrogens is 1. The molecule has 1 aromatic heterocycles. The molecule has 0 fully saturated rings. The second-order valence-electron chi connectivity index (χ2n) is 7.08. The molecule has 156 valence electrons. The van der Waals surface area contributed by atoms with Crippen LogP contribution in [0.15, 0.2) is 60.8 Å². The molecule has 8 nitrogen and oxygen atoms in total. The Balaban J connectivity index is 1.76. The van der Waals surface area contributed by atoms with E-state index in [-0.39, 0.29) is 25.8 Å². The molecule has 0 aliphatic heterocycles. The number of rotatable bonds is 10. The number of carbonyl (C=O) groups is 3. The van der Waals surface area contributed by atoms with Crippen molar-refractivity contribution < 1.29 is 24.7 Å².